The second kappa shape index (κ2) is 11.5. The molecule has 0 radical (unpaired) electrons. The van der Waals surface area contributed by atoms with Gasteiger partial charge in [-0.1, -0.05) is 18.2 Å². The molecule has 3 aromatic rings. The number of rotatable bonds is 6. The number of piperazine rings is 1. The van der Waals surface area contributed by atoms with Crippen molar-refractivity contribution in [3.05, 3.63) is 83.6 Å². The summed E-state index contributed by atoms with van der Waals surface area (Å²) in [7, 11) is 1.71. The van der Waals surface area contributed by atoms with Crippen LogP contribution in [-0.2, 0) is 6.54 Å². The van der Waals surface area contributed by atoms with Gasteiger partial charge in [0.25, 0.3) is 12.0 Å². The maximum absolute atomic E-state index is 13.1. The van der Waals surface area contributed by atoms with Crippen LogP contribution in [0.25, 0.3) is 0 Å². The summed E-state index contributed by atoms with van der Waals surface area (Å²) in [5.41, 5.74) is 2.29. The van der Waals surface area contributed by atoms with Crippen LogP contribution < -0.4 is 14.7 Å². The maximum Gasteiger partial charge on any atom is 0.259 e. The van der Waals surface area contributed by atoms with Crippen LogP contribution in [0.2, 0.25) is 0 Å². The minimum atomic E-state index is -1.01. The van der Waals surface area contributed by atoms with Gasteiger partial charge < -0.3 is 19.5 Å². The van der Waals surface area contributed by atoms with Gasteiger partial charge in [-0.25, -0.2) is 4.98 Å². The van der Waals surface area contributed by atoms with E-state index in [1.807, 2.05) is 52.0 Å². The zero-order valence-corrected chi connectivity index (χ0v) is 23.6. The molecule has 9 heteroatoms. The molecule has 2 atom stereocenters. The van der Waals surface area contributed by atoms with Gasteiger partial charge in [0.05, 0.1) is 35.8 Å². The fourth-order valence-electron chi connectivity index (χ4n) is 5.52. The fourth-order valence-corrected chi connectivity index (χ4v) is 5.52. The van der Waals surface area contributed by atoms with Crippen LogP contribution in [0.4, 0.5) is 10.5 Å². The molecule has 4 rings (SSSR count). The number of hydrogen-bond donors (Lipinski definition) is 0. The lowest BCUT2D eigenvalue weighted by Crippen LogP contribution is -2.76. The van der Waals surface area contributed by atoms with Crippen molar-refractivity contribution in [2.24, 2.45) is 0 Å². The molecule has 2 heterocycles. The zero-order valence-electron chi connectivity index (χ0n) is 23.6. The Bertz CT molecular complexity index is 1410. The van der Waals surface area contributed by atoms with E-state index in [4.69, 9.17) is 10.00 Å². The molecule has 1 saturated heterocycles. The Balaban J connectivity index is 1.36. The summed E-state index contributed by atoms with van der Waals surface area (Å²) in [4.78, 5) is 33.3. The smallest absolute Gasteiger partial charge is 0.259 e. The lowest BCUT2D eigenvalue weighted by atomic mass is 9.95. The van der Waals surface area contributed by atoms with Crippen LogP contribution in [0.3, 0.4) is 0 Å². The number of anilines is 1. The van der Waals surface area contributed by atoms with Crippen LogP contribution in [-0.4, -0.2) is 64.6 Å². The summed E-state index contributed by atoms with van der Waals surface area (Å²) >= 11 is 0. The van der Waals surface area contributed by atoms with Crippen LogP contribution in [0, 0.1) is 11.3 Å². The van der Waals surface area contributed by atoms with Gasteiger partial charge in [-0.15, -0.1) is 0 Å². The van der Waals surface area contributed by atoms with E-state index in [0.29, 0.717) is 48.9 Å². The molecule has 0 N–H and O–H groups in total. The van der Waals surface area contributed by atoms with Crippen molar-refractivity contribution in [3.8, 4) is 17.7 Å². The van der Waals surface area contributed by atoms with Gasteiger partial charge in [0.1, 0.15) is 11.8 Å². The van der Waals surface area contributed by atoms with E-state index in [0.717, 1.165) is 11.3 Å². The predicted octanol–water partition coefficient (Wildman–Crippen LogP) is 4.18. The first-order valence-electron chi connectivity index (χ1n) is 13.3. The molecule has 2 amide bonds. The monoisotopic (exact) mass is 541 g/mol. The Hall–Kier alpha value is -4.26. The highest BCUT2D eigenvalue weighted by Crippen LogP contribution is 2.32. The minimum Gasteiger partial charge on any atom is -0.498 e. The first-order chi connectivity index (χ1) is 18.9. The molecular weight excluding hydrogens is 506 g/mol. The van der Waals surface area contributed by atoms with Crippen molar-refractivity contribution in [1.29, 1.82) is 5.26 Å². The van der Waals surface area contributed by atoms with E-state index in [9.17, 15) is 14.7 Å². The van der Waals surface area contributed by atoms with E-state index >= 15 is 0 Å². The molecular formula is C31H35N5O4. The molecule has 1 aromatic heterocycles. The molecule has 9 nitrogen and oxygen atoms in total. The Morgan fingerprint density at radius 2 is 1.90 bits per heavy atom. The average molecular weight is 542 g/mol. The number of aromatic nitrogens is 1. The second-order valence-electron chi connectivity index (χ2n) is 11.3. The third-order valence-electron chi connectivity index (χ3n) is 7.77. The van der Waals surface area contributed by atoms with Crippen molar-refractivity contribution in [2.75, 3.05) is 31.6 Å². The summed E-state index contributed by atoms with van der Waals surface area (Å²) in [5, 5.41) is 21.2. The van der Waals surface area contributed by atoms with Gasteiger partial charge in [0.2, 0.25) is 5.88 Å². The number of quaternary nitrogens is 1. The highest BCUT2D eigenvalue weighted by atomic mass is 16.5. The van der Waals surface area contributed by atoms with Crippen molar-refractivity contribution in [2.45, 2.75) is 45.8 Å². The van der Waals surface area contributed by atoms with E-state index < -0.39 is 11.6 Å². The molecule has 0 spiro atoms. The molecule has 0 bridgehead atoms. The second-order valence-corrected chi connectivity index (χ2v) is 11.3. The quantitative estimate of drug-likeness (QED) is 0.431. The summed E-state index contributed by atoms with van der Waals surface area (Å²) in [6.07, 6.45) is 0.455. The molecule has 1 aliphatic heterocycles. The third kappa shape index (κ3) is 5.83. The van der Waals surface area contributed by atoms with Gasteiger partial charge in [-0.3, -0.25) is 14.2 Å². The van der Waals surface area contributed by atoms with Crippen molar-refractivity contribution < 1.29 is 23.9 Å². The summed E-state index contributed by atoms with van der Waals surface area (Å²) < 4.78 is 5.65. The van der Waals surface area contributed by atoms with Crippen molar-refractivity contribution in [1.82, 2.24) is 9.88 Å². The summed E-state index contributed by atoms with van der Waals surface area (Å²) in [5.74, 6) is 0.610. The normalized spacial score (nSPS) is 19.4. The molecule has 40 heavy (non-hydrogen) atoms. The topological polar surface area (TPSA) is 110 Å². The van der Waals surface area contributed by atoms with E-state index in [1.165, 1.54) is 6.20 Å². The maximum atomic E-state index is 13.1. The van der Waals surface area contributed by atoms with Crippen molar-refractivity contribution >= 4 is 17.7 Å². The third-order valence-corrected chi connectivity index (χ3v) is 7.77. The van der Waals surface area contributed by atoms with E-state index in [-0.39, 0.29) is 16.4 Å². The van der Waals surface area contributed by atoms with E-state index in [1.54, 1.807) is 48.3 Å². The predicted molar refractivity (Wildman–Crippen MR) is 150 cm³/mol. The van der Waals surface area contributed by atoms with Crippen LogP contribution in [0.5, 0.6) is 11.6 Å². The number of benzene rings is 2. The summed E-state index contributed by atoms with van der Waals surface area (Å²) in [6.45, 7) is 10.4. The number of carboxylic acid groups (broad SMARTS) is 1. The zero-order chi connectivity index (χ0) is 29.1. The number of amides is 2. The number of ether oxygens (including phenoxy) is 1. The minimum absolute atomic E-state index is 0.0499. The molecule has 208 valence electrons. The molecule has 1 unspecified atom stereocenters. The van der Waals surface area contributed by atoms with Gasteiger partial charge in [-0.05, 0) is 69.7 Å². The standard InChI is InChI=1S/C31H35N5O4/c1-22-20-35(15-16-36(22,30(38)39)31(2,3)4)21-23-9-12-26(13-10-23)34(5)29(37)25-11-14-28(33-19-25)40-27-8-6-7-24(17-27)18-32/h6-14,17,19,22H,15-16,20-21H2,1-5H3/t22-,36?/m0/s1. The van der Waals surface area contributed by atoms with Gasteiger partial charge in [0.15, 0.2) is 0 Å². The number of hydrogen-bond acceptors (Lipinski definition) is 7. The fraction of sp³-hybridized carbons (Fsp3) is 0.355. The Morgan fingerprint density at radius 1 is 1.18 bits per heavy atom. The highest BCUT2D eigenvalue weighted by molar-refractivity contribution is 6.05. The molecule has 1 fully saturated rings. The number of carbonyl (C=O) groups excluding carboxylic acids is 2. The van der Waals surface area contributed by atoms with Gasteiger partial charge in [0, 0.05) is 38.1 Å². The number of carbonyl (C=O) groups is 2. The first kappa shape index (κ1) is 28.7. The van der Waals surface area contributed by atoms with Gasteiger partial charge in [-0.2, -0.15) is 5.26 Å². The van der Waals surface area contributed by atoms with Crippen LogP contribution in [0.1, 0.15) is 49.2 Å². The lowest BCUT2D eigenvalue weighted by Gasteiger charge is -2.55. The SMILES string of the molecule is C[C@H]1CN(Cc2ccc(N(C)C(=O)c3ccc(Oc4cccc(C#N)c4)nc3)cc2)CC[N+]1(C(=O)[O-])C(C)(C)C. The first-order valence-corrected chi connectivity index (χ1v) is 13.3. The molecule has 1 aliphatic rings. The Kier molecular flexibility index (Phi) is 8.24. The molecule has 0 saturated carbocycles. The number of nitriles is 1. The Morgan fingerprint density at radius 3 is 2.48 bits per heavy atom. The summed E-state index contributed by atoms with van der Waals surface area (Å²) in [6, 6.07) is 19.8. The largest absolute Gasteiger partial charge is 0.498 e. The van der Waals surface area contributed by atoms with Crippen LogP contribution in [0.15, 0.2) is 66.9 Å². The number of pyridine rings is 1. The number of nitrogens with zero attached hydrogens (tertiary/aromatic N) is 5. The lowest BCUT2D eigenvalue weighted by molar-refractivity contribution is -0.943. The molecule has 0 aliphatic carbocycles. The van der Waals surface area contributed by atoms with Gasteiger partial charge >= 0.3 is 0 Å². The Labute approximate surface area is 235 Å². The van der Waals surface area contributed by atoms with Crippen molar-refractivity contribution in [3.63, 3.8) is 0 Å². The van der Waals surface area contributed by atoms with E-state index in [2.05, 4.69) is 16.0 Å². The van der Waals surface area contributed by atoms with Crippen LogP contribution >= 0.6 is 0 Å². The average Bonchev–Trinajstić information content (AvgIpc) is 2.92. The highest BCUT2D eigenvalue weighted by Gasteiger charge is 2.49. The molecule has 2 aromatic carbocycles.